The Balaban J connectivity index is 1.64. The third-order valence-electron chi connectivity index (χ3n) is 5.14. The van der Waals surface area contributed by atoms with Crippen LogP contribution in [0, 0.1) is 0 Å². The Morgan fingerprint density at radius 2 is 1.48 bits per heavy atom. The predicted octanol–water partition coefficient (Wildman–Crippen LogP) is 2.06. The lowest BCUT2D eigenvalue weighted by Gasteiger charge is -2.25. The number of hydrogen-bond donors (Lipinski definition) is 3. The molecule has 1 saturated carbocycles. The first kappa shape index (κ1) is 19.1. The van der Waals surface area contributed by atoms with Gasteiger partial charge in [0.05, 0.1) is 7.05 Å². The third-order valence-corrected chi connectivity index (χ3v) is 5.14. The second-order valence-corrected chi connectivity index (χ2v) is 7.28. The zero-order valence-corrected chi connectivity index (χ0v) is 15.8. The van der Waals surface area contributed by atoms with Gasteiger partial charge in [0.2, 0.25) is 0 Å². The van der Waals surface area contributed by atoms with Crippen LogP contribution < -0.4 is 15.5 Å². The summed E-state index contributed by atoms with van der Waals surface area (Å²) in [4.78, 5) is 25.5. The smallest absolute Gasteiger partial charge is 0.321 e. The van der Waals surface area contributed by atoms with Gasteiger partial charge < -0.3 is 10.2 Å². The van der Waals surface area contributed by atoms with Gasteiger partial charge >= 0.3 is 6.03 Å². The number of likely N-dealkylation sites (N-methyl/N-ethyl adjacent to an activating group) is 1. The number of carbonyl (C=O) groups is 2. The van der Waals surface area contributed by atoms with Gasteiger partial charge in [0.15, 0.2) is 6.54 Å². The topological polar surface area (TPSA) is 62.6 Å². The van der Waals surface area contributed by atoms with Crippen molar-refractivity contribution in [3.63, 3.8) is 0 Å². The van der Waals surface area contributed by atoms with Crippen molar-refractivity contribution in [3.05, 3.63) is 71.8 Å². The molecule has 0 bridgehead atoms. The summed E-state index contributed by atoms with van der Waals surface area (Å²) >= 11 is 0. The van der Waals surface area contributed by atoms with Crippen molar-refractivity contribution in [2.24, 2.45) is 0 Å². The fourth-order valence-electron chi connectivity index (χ4n) is 3.87. The van der Waals surface area contributed by atoms with Crippen molar-refractivity contribution in [1.29, 1.82) is 0 Å². The van der Waals surface area contributed by atoms with Gasteiger partial charge in [0.25, 0.3) is 5.91 Å². The fraction of sp³-hybridized carbons (Fsp3) is 0.364. The summed E-state index contributed by atoms with van der Waals surface area (Å²) < 4.78 is 0. The minimum absolute atomic E-state index is 0.0241. The molecule has 2 aromatic rings. The van der Waals surface area contributed by atoms with Gasteiger partial charge in [-0.3, -0.25) is 10.1 Å². The summed E-state index contributed by atoms with van der Waals surface area (Å²) in [5.74, 6) is -0.264. The van der Waals surface area contributed by atoms with E-state index in [2.05, 4.69) is 34.9 Å². The Labute approximate surface area is 160 Å². The molecule has 1 unspecified atom stereocenters. The Bertz CT molecular complexity index is 703. The fourth-order valence-corrected chi connectivity index (χ4v) is 3.87. The minimum atomic E-state index is -0.379. The van der Waals surface area contributed by atoms with Crippen molar-refractivity contribution in [2.45, 2.75) is 37.8 Å². The van der Waals surface area contributed by atoms with Crippen molar-refractivity contribution in [2.75, 3.05) is 13.6 Å². The summed E-state index contributed by atoms with van der Waals surface area (Å²) in [6, 6.07) is 20.1. The molecule has 1 atom stereocenters. The molecule has 1 aliphatic carbocycles. The zero-order chi connectivity index (χ0) is 19.1. The van der Waals surface area contributed by atoms with Crippen molar-refractivity contribution in [1.82, 2.24) is 10.6 Å². The Kier molecular flexibility index (Phi) is 6.60. The first-order valence-electron chi connectivity index (χ1n) is 9.66. The van der Waals surface area contributed by atoms with Crippen molar-refractivity contribution < 1.29 is 14.5 Å². The van der Waals surface area contributed by atoms with E-state index in [4.69, 9.17) is 0 Å². The largest absolute Gasteiger partial charge is 0.335 e. The molecule has 0 spiro atoms. The van der Waals surface area contributed by atoms with Crippen LogP contribution in [0.3, 0.4) is 0 Å². The zero-order valence-electron chi connectivity index (χ0n) is 15.8. The van der Waals surface area contributed by atoms with Crippen LogP contribution in [-0.2, 0) is 4.79 Å². The van der Waals surface area contributed by atoms with Gasteiger partial charge in [-0.1, -0.05) is 73.5 Å². The van der Waals surface area contributed by atoms with Crippen LogP contribution in [-0.4, -0.2) is 31.6 Å². The molecule has 3 rings (SSSR count). The number of rotatable bonds is 6. The van der Waals surface area contributed by atoms with Gasteiger partial charge in [-0.25, -0.2) is 4.79 Å². The van der Waals surface area contributed by atoms with Crippen LogP contribution in [0.5, 0.6) is 0 Å². The first-order chi connectivity index (χ1) is 13.1. The monoisotopic (exact) mass is 366 g/mol. The van der Waals surface area contributed by atoms with Crippen LogP contribution >= 0.6 is 0 Å². The van der Waals surface area contributed by atoms with E-state index in [-0.39, 0.29) is 30.6 Å². The van der Waals surface area contributed by atoms with E-state index in [0.717, 1.165) is 41.7 Å². The molecular formula is C22H28N3O2+. The van der Waals surface area contributed by atoms with Gasteiger partial charge in [0.1, 0.15) is 6.04 Å². The molecule has 3 amide bonds. The van der Waals surface area contributed by atoms with Gasteiger partial charge in [-0.2, -0.15) is 0 Å². The number of urea groups is 1. The van der Waals surface area contributed by atoms with Crippen molar-refractivity contribution >= 4 is 11.9 Å². The maximum absolute atomic E-state index is 12.4. The number of imide groups is 1. The van der Waals surface area contributed by atoms with Gasteiger partial charge in [0, 0.05) is 17.2 Å². The second kappa shape index (κ2) is 9.33. The Hall–Kier alpha value is -2.66. The molecule has 142 valence electrons. The van der Waals surface area contributed by atoms with E-state index in [9.17, 15) is 9.59 Å². The lowest BCUT2D eigenvalue weighted by atomic mass is 9.97. The minimum Gasteiger partial charge on any atom is -0.335 e. The van der Waals surface area contributed by atoms with E-state index < -0.39 is 0 Å². The predicted molar refractivity (Wildman–Crippen MR) is 105 cm³/mol. The third kappa shape index (κ3) is 5.41. The number of nitrogens with one attached hydrogen (secondary N) is 3. The number of amides is 3. The number of hydrogen-bond acceptors (Lipinski definition) is 2. The lowest BCUT2D eigenvalue weighted by Crippen LogP contribution is -3.10. The highest BCUT2D eigenvalue weighted by molar-refractivity contribution is 5.94. The normalized spacial score (nSPS) is 15.5. The lowest BCUT2D eigenvalue weighted by molar-refractivity contribution is -0.898. The van der Waals surface area contributed by atoms with E-state index in [1.165, 1.54) is 0 Å². The van der Waals surface area contributed by atoms with E-state index in [0.29, 0.717) is 0 Å². The summed E-state index contributed by atoms with van der Waals surface area (Å²) in [6.45, 7) is 0.215. The van der Waals surface area contributed by atoms with Crippen LogP contribution in [0.25, 0.3) is 0 Å². The highest BCUT2D eigenvalue weighted by Crippen LogP contribution is 2.19. The summed E-state index contributed by atoms with van der Waals surface area (Å²) in [5.41, 5.74) is 2.29. The summed E-state index contributed by atoms with van der Waals surface area (Å²) in [5, 5.41) is 5.38. The Morgan fingerprint density at radius 1 is 0.963 bits per heavy atom. The summed E-state index contributed by atoms with van der Waals surface area (Å²) in [6.07, 6.45) is 4.27. The van der Waals surface area contributed by atoms with Gasteiger partial charge in [-0.15, -0.1) is 0 Å². The number of benzene rings is 2. The molecular weight excluding hydrogens is 338 g/mol. The number of quaternary nitrogens is 1. The highest BCUT2D eigenvalue weighted by Gasteiger charge is 2.26. The molecule has 1 aliphatic rings. The molecule has 0 radical (unpaired) electrons. The molecule has 1 fully saturated rings. The molecule has 0 heterocycles. The SMILES string of the molecule is C[NH+](CC(=O)NC(=O)NC1CCCC1)C(c1ccccc1)c1ccccc1. The molecule has 5 nitrogen and oxygen atoms in total. The molecule has 0 aliphatic heterocycles. The van der Waals surface area contributed by atoms with E-state index >= 15 is 0 Å². The summed E-state index contributed by atoms with van der Waals surface area (Å²) in [7, 11) is 1.99. The quantitative estimate of drug-likeness (QED) is 0.733. The van der Waals surface area contributed by atoms with Gasteiger partial charge in [-0.05, 0) is 12.8 Å². The molecule has 3 N–H and O–H groups in total. The average Bonchev–Trinajstić information content (AvgIpc) is 3.16. The molecule has 27 heavy (non-hydrogen) atoms. The molecule has 0 aromatic heterocycles. The number of carbonyl (C=O) groups excluding carboxylic acids is 2. The van der Waals surface area contributed by atoms with Crippen LogP contribution in [0.15, 0.2) is 60.7 Å². The first-order valence-corrected chi connectivity index (χ1v) is 9.66. The van der Waals surface area contributed by atoms with Crippen molar-refractivity contribution in [3.8, 4) is 0 Å². The van der Waals surface area contributed by atoms with E-state index in [1.807, 2.05) is 43.4 Å². The standard InChI is InChI=1S/C22H27N3O2/c1-25(16-20(26)24-22(27)23-19-14-8-9-15-19)21(17-10-4-2-5-11-17)18-12-6-3-7-13-18/h2-7,10-13,19,21H,8-9,14-16H2,1H3,(H2,23,24,26,27)/p+1. The molecule has 0 saturated heterocycles. The maximum atomic E-state index is 12.4. The highest BCUT2D eigenvalue weighted by atomic mass is 16.2. The van der Waals surface area contributed by atoms with E-state index in [1.54, 1.807) is 0 Å². The average molecular weight is 366 g/mol. The van der Waals surface area contributed by atoms with Crippen LogP contribution in [0.4, 0.5) is 4.79 Å². The maximum Gasteiger partial charge on any atom is 0.321 e. The molecule has 5 heteroatoms. The van der Waals surface area contributed by atoms with Crippen LogP contribution in [0.2, 0.25) is 0 Å². The molecule has 2 aromatic carbocycles. The van der Waals surface area contributed by atoms with Crippen LogP contribution in [0.1, 0.15) is 42.9 Å². The second-order valence-electron chi connectivity index (χ2n) is 7.28. The Morgan fingerprint density at radius 3 is 2.00 bits per heavy atom.